The standard InChI is InChI=1S/C32H33FN6O4S/c1-21-9-11-34-27(15-21)30(40)32(3)20-38(44(41,42)26-17-29-31(35-19-26)37(4)13-14-43-29)12-10-23(32)16-28-22(2)18-36-39(28)25-7-5-24(33)6-8-25/h5-9,11,15-19H,10,12-14,20H2,1-4H3/b23-16-/t32-/m0/s1. The third kappa shape index (κ3) is 5.28. The molecule has 6 rings (SSSR count). The van der Waals surface area contributed by atoms with Gasteiger partial charge < -0.3 is 9.64 Å². The molecular formula is C32H33FN6O4S. The Morgan fingerprint density at radius 3 is 2.59 bits per heavy atom. The van der Waals surface area contributed by atoms with Crippen molar-refractivity contribution < 1.29 is 22.3 Å². The maximum Gasteiger partial charge on any atom is 0.244 e. The minimum Gasteiger partial charge on any atom is -0.488 e. The second kappa shape index (κ2) is 11.3. The highest BCUT2D eigenvalue weighted by molar-refractivity contribution is 7.89. The molecule has 1 saturated heterocycles. The molecule has 0 N–H and O–H groups in total. The fourth-order valence-electron chi connectivity index (χ4n) is 5.72. The van der Waals surface area contributed by atoms with Crippen LogP contribution in [0.25, 0.3) is 11.8 Å². The lowest BCUT2D eigenvalue weighted by Gasteiger charge is -2.41. The quantitative estimate of drug-likeness (QED) is 0.289. The van der Waals surface area contributed by atoms with Gasteiger partial charge in [0.25, 0.3) is 0 Å². The molecule has 3 aromatic heterocycles. The van der Waals surface area contributed by atoms with Crippen molar-refractivity contribution in [1.82, 2.24) is 24.1 Å². The van der Waals surface area contributed by atoms with E-state index in [4.69, 9.17) is 4.74 Å². The molecule has 0 spiro atoms. The number of hydrogen-bond donors (Lipinski definition) is 0. The van der Waals surface area contributed by atoms with Crippen molar-refractivity contribution in [2.24, 2.45) is 5.41 Å². The number of aromatic nitrogens is 4. The van der Waals surface area contributed by atoms with Crippen molar-refractivity contribution in [2.75, 3.05) is 38.2 Å². The second-order valence-corrected chi connectivity index (χ2v) is 13.4. The van der Waals surface area contributed by atoms with Crippen molar-refractivity contribution in [1.29, 1.82) is 0 Å². The second-order valence-electron chi connectivity index (χ2n) is 11.5. The van der Waals surface area contributed by atoms with Gasteiger partial charge in [-0.2, -0.15) is 9.40 Å². The lowest BCUT2D eigenvalue weighted by Crippen LogP contribution is -2.50. The van der Waals surface area contributed by atoms with Crippen LogP contribution in [0.5, 0.6) is 5.75 Å². The normalized spacial score (nSPS) is 19.9. The molecule has 0 aliphatic carbocycles. The van der Waals surface area contributed by atoms with E-state index in [-0.39, 0.29) is 35.3 Å². The Bertz CT molecular complexity index is 1890. The van der Waals surface area contributed by atoms with Crippen LogP contribution in [0.2, 0.25) is 0 Å². The first-order valence-corrected chi connectivity index (χ1v) is 15.7. The van der Waals surface area contributed by atoms with Crippen LogP contribution in [0.4, 0.5) is 10.2 Å². The lowest BCUT2D eigenvalue weighted by molar-refractivity contribution is 0.0801. The SMILES string of the molecule is Cc1ccnc(C(=O)[C@@]2(C)CN(S(=O)(=O)c3cnc4c(c3)OCCN4C)CC/C2=C/c2c(C)cnn2-c2ccc(F)cc2)c1. The number of likely N-dealkylation sites (N-methyl/N-ethyl adjacent to an activating group) is 1. The number of carbonyl (C=O) groups excluding carboxylic acids is 1. The molecule has 5 heterocycles. The number of hydrogen-bond acceptors (Lipinski definition) is 8. The summed E-state index contributed by atoms with van der Waals surface area (Å²) >= 11 is 0. The number of ketones is 1. The van der Waals surface area contributed by atoms with Gasteiger partial charge in [0.2, 0.25) is 10.0 Å². The molecule has 0 radical (unpaired) electrons. The van der Waals surface area contributed by atoms with E-state index < -0.39 is 15.4 Å². The summed E-state index contributed by atoms with van der Waals surface area (Å²) in [5, 5.41) is 4.50. The Morgan fingerprint density at radius 2 is 1.84 bits per heavy atom. The van der Waals surface area contributed by atoms with Crippen molar-refractivity contribution in [2.45, 2.75) is 32.1 Å². The molecule has 1 atom stereocenters. The van der Waals surface area contributed by atoms with E-state index in [1.807, 2.05) is 31.9 Å². The van der Waals surface area contributed by atoms with Gasteiger partial charge >= 0.3 is 0 Å². The van der Waals surface area contributed by atoms with E-state index >= 15 is 0 Å². The first kappa shape index (κ1) is 29.6. The van der Waals surface area contributed by atoms with Crippen LogP contribution in [0.15, 0.2) is 71.5 Å². The number of sulfonamides is 1. The van der Waals surface area contributed by atoms with Gasteiger partial charge in [-0.25, -0.2) is 22.5 Å². The van der Waals surface area contributed by atoms with E-state index in [1.165, 1.54) is 28.7 Å². The Morgan fingerprint density at radius 1 is 1.07 bits per heavy atom. The van der Waals surface area contributed by atoms with Crippen LogP contribution in [0.3, 0.4) is 0 Å². The topological polar surface area (TPSA) is 111 Å². The van der Waals surface area contributed by atoms with E-state index in [2.05, 4.69) is 15.1 Å². The Labute approximate surface area is 255 Å². The summed E-state index contributed by atoms with van der Waals surface area (Å²) in [4.78, 5) is 25.0. The summed E-state index contributed by atoms with van der Waals surface area (Å²) in [6.07, 6.45) is 6.83. The van der Waals surface area contributed by atoms with Crippen LogP contribution in [-0.2, 0) is 10.0 Å². The van der Waals surface area contributed by atoms with Crippen LogP contribution in [0, 0.1) is 25.1 Å². The number of carbonyl (C=O) groups is 1. The maximum absolute atomic E-state index is 14.3. The molecule has 0 unspecified atom stereocenters. The van der Waals surface area contributed by atoms with Gasteiger partial charge in [0.05, 0.1) is 29.5 Å². The highest BCUT2D eigenvalue weighted by Gasteiger charge is 2.46. The number of nitrogens with zero attached hydrogens (tertiary/aromatic N) is 6. The summed E-state index contributed by atoms with van der Waals surface area (Å²) in [5.74, 6) is 0.344. The minimum atomic E-state index is -4.04. The molecule has 44 heavy (non-hydrogen) atoms. The van der Waals surface area contributed by atoms with E-state index in [0.29, 0.717) is 36.8 Å². The molecule has 0 saturated carbocycles. The number of benzene rings is 1. The van der Waals surface area contributed by atoms with Gasteiger partial charge in [0, 0.05) is 38.6 Å². The number of ether oxygens (including phenoxy) is 1. The average molecular weight is 617 g/mol. The molecule has 0 bridgehead atoms. The molecule has 10 nitrogen and oxygen atoms in total. The number of fused-ring (bicyclic) bond motifs is 1. The van der Waals surface area contributed by atoms with Gasteiger partial charge in [-0.05, 0) is 80.8 Å². The maximum atomic E-state index is 14.3. The molecule has 228 valence electrons. The fourth-order valence-corrected chi connectivity index (χ4v) is 7.22. The lowest BCUT2D eigenvalue weighted by atomic mass is 9.73. The first-order chi connectivity index (χ1) is 21.0. The van der Waals surface area contributed by atoms with E-state index in [9.17, 15) is 17.6 Å². The summed E-state index contributed by atoms with van der Waals surface area (Å²) in [5.41, 5.74) is 2.85. The van der Waals surface area contributed by atoms with Gasteiger partial charge in [-0.15, -0.1) is 0 Å². The highest BCUT2D eigenvalue weighted by atomic mass is 32.2. The predicted octanol–water partition coefficient (Wildman–Crippen LogP) is 4.61. The number of piperidine rings is 1. The molecule has 4 aromatic rings. The van der Waals surface area contributed by atoms with Gasteiger partial charge in [0.15, 0.2) is 17.4 Å². The zero-order chi connectivity index (χ0) is 31.2. The molecule has 2 aliphatic rings. The molecule has 0 amide bonds. The Kier molecular flexibility index (Phi) is 7.58. The van der Waals surface area contributed by atoms with Crippen molar-refractivity contribution in [3.8, 4) is 11.4 Å². The van der Waals surface area contributed by atoms with Gasteiger partial charge in [0.1, 0.15) is 23.0 Å². The number of pyridine rings is 2. The van der Waals surface area contributed by atoms with Gasteiger partial charge in [-0.3, -0.25) is 9.78 Å². The monoisotopic (exact) mass is 616 g/mol. The molecule has 1 fully saturated rings. The fraction of sp³-hybridized carbons (Fsp3) is 0.312. The van der Waals surface area contributed by atoms with Crippen molar-refractivity contribution in [3.05, 3.63) is 95.0 Å². The summed E-state index contributed by atoms with van der Waals surface area (Å²) < 4.78 is 50.5. The number of Topliss-reactive ketones (excluding diaryl/α,β-unsaturated/α-hetero) is 1. The van der Waals surface area contributed by atoms with Crippen LogP contribution < -0.4 is 9.64 Å². The van der Waals surface area contributed by atoms with Crippen molar-refractivity contribution >= 4 is 27.7 Å². The number of halogens is 1. The van der Waals surface area contributed by atoms with Crippen molar-refractivity contribution in [3.63, 3.8) is 0 Å². The van der Waals surface area contributed by atoms with Crippen LogP contribution in [-0.4, -0.2) is 71.5 Å². The zero-order valence-electron chi connectivity index (χ0n) is 25.0. The number of anilines is 1. The molecule has 12 heteroatoms. The first-order valence-electron chi connectivity index (χ1n) is 14.3. The molecular weight excluding hydrogens is 583 g/mol. The molecule has 1 aromatic carbocycles. The predicted molar refractivity (Wildman–Crippen MR) is 164 cm³/mol. The molecule has 2 aliphatic heterocycles. The highest BCUT2D eigenvalue weighted by Crippen LogP contribution is 2.42. The van der Waals surface area contributed by atoms with Gasteiger partial charge in [-0.1, -0.05) is 5.57 Å². The van der Waals surface area contributed by atoms with Crippen LogP contribution in [0.1, 0.15) is 40.7 Å². The minimum absolute atomic E-state index is 0.00712. The summed E-state index contributed by atoms with van der Waals surface area (Å²) in [7, 11) is -2.16. The number of rotatable bonds is 6. The average Bonchev–Trinajstić information content (AvgIpc) is 3.37. The third-order valence-electron chi connectivity index (χ3n) is 8.35. The zero-order valence-corrected chi connectivity index (χ0v) is 25.8. The van der Waals surface area contributed by atoms with Crippen LogP contribution >= 0.6 is 0 Å². The summed E-state index contributed by atoms with van der Waals surface area (Å²) in [6, 6.07) is 11.0. The smallest absolute Gasteiger partial charge is 0.244 e. The Hall–Kier alpha value is -4.42. The van der Waals surface area contributed by atoms with E-state index in [1.54, 1.807) is 48.3 Å². The third-order valence-corrected chi connectivity index (χ3v) is 10.2. The Balaban J connectivity index is 1.42. The largest absolute Gasteiger partial charge is 0.488 e. The van der Waals surface area contributed by atoms with E-state index in [0.717, 1.165) is 22.4 Å². The number of aryl methyl sites for hydroxylation is 2. The summed E-state index contributed by atoms with van der Waals surface area (Å²) in [6.45, 7) is 6.68.